The molecule has 0 amide bonds. The molecule has 2 aromatic rings. The zero-order valence-corrected chi connectivity index (χ0v) is 19.2. The number of Topliss-reactive ketones (excluding diaryl/α,β-unsaturated/α-hetero) is 1. The number of aryl methyl sites for hydroxylation is 1. The number of ether oxygens (including phenoxy) is 1. The largest absolute Gasteiger partial charge is 0.511 e. The molecular formula is C25H26Cl2O3. The first-order valence-corrected chi connectivity index (χ1v) is 11.1. The quantitative estimate of drug-likeness (QED) is 0.526. The Morgan fingerprint density at radius 2 is 1.87 bits per heavy atom. The minimum Gasteiger partial charge on any atom is -0.511 e. The fraction of sp³-hybridized carbons (Fsp3) is 0.400. The summed E-state index contributed by atoms with van der Waals surface area (Å²) in [4.78, 5) is 13.5. The van der Waals surface area contributed by atoms with Crippen molar-refractivity contribution in [1.82, 2.24) is 0 Å². The van der Waals surface area contributed by atoms with E-state index in [-0.39, 0.29) is 22.9 Å². The molecule has 0 heterocycles. The maximum Gasteiger partial charge on any atom is 0.170 e. The van der Waals surface area contributed by atoms with Gasteiger partial charge >= 0.3 is 0 Å². The lowest BCUT2D eigenvalue weighted by molar-refractivity contribution is -0.122. The normalized spacial score (nSPS) is 25.0. The summed E-state index contributed by atoms with van der Waals surface area (Å²) in [7, 11) is 0. The summed E-state index contributed by atoms with van der Waals surface area (Å²) in [5, 5.41) is 12.3. The van der Waals surface area contributed by atoms with Gasteiger partial charge in [0.1, 0.15) is 17.3 Å². The Labute approximate surface area is 187 Å². The Morgan fingerprint density at radius 3 is 2.53 bits per heavy atom. The molecule has 0 saturated heterocycles. The van der Waals surface area contributed by atoms with Gasteiger partial charge in [-0.25, -0.2) is 0 Å². The van der Waals surface area contributed by atoms with Crippen molar-refractivity contribution in [3.05, 3.63) is 63.3 Å². The predicted molar refractivity (Wildman–Crippen MR) is 122 cm³/mol. The molecule has 2 atom stereocenters. The number of hydrogen-bond acceptors (Lipinski definition) is 3. The minimum atomic E-state index is -0.414. The molecule has 1 unspecified atom stereocenters. The molecule has 2 aromatic carbocycles. The van der Waals surface area contributed by atoms with Crippen LogP contribution in [0.1, 0.15) is 51.7 Å². The molecule has 4 rings (SSSR count). The van der Waals surface area contributed by atoms with Gasteiger partial charge in [-0.05, 0) is 66.1 Å². The van der Waals surface area contributed by atoms with Gasteiger partial charge in [0.05, 0.1) is 10.6 Å². The van der Waals surface area contributed by atoms with Crippen LogP contribution in [0.2, 0.25) is 10.0 Å². The van der Waals surface area contributed by atoms with E-state index in [2.05, 4.69) is 20.8 Å². The van der Waals surface area contributed by atoms with E-state index in [1.165, 1.54) is 0 Å². The van der Waals surface area contributed by atoms with Crippen LogP contribution in [0.15, 0.2) is 42.2 Å². The molecule has 1 saturated carbocycles. The smallest absolute Gasteiger partial charge is 0.170 e. The topological polar surface area (TPSA) is 46.5 Å². The lowest BCUT2D eigenvalue weighted by Crippen LogP contribution is -2.43. The maximum absolute atomic E-state index is 13.5. The van der Waals surface area contributed by atoms with Crippen molar-refractivity contribution in [2.24, 2.45) is 16.7 Å². The van der Waals surface area contributed by atoms with Crippen LogP contribution >= 0.6 is 23.2 Å². The van der Waals surface area contributed by atoms with E-state index in [0.717, 1.165) is 30.4 Å². The zero-order chi connectivity index (χ0) is 21.8. The van der Waals surface area contributed by atoms with Crippen molar-refractivity contribution in [1.29, 1.82) is 0 Å². The highest BCUT2D eigenvalue weighted by Gasteiger charge is 2.61. The number of hydrogen-bond donors (Lipinski definition) is 1. The second-order valence-electron chi connectivity index (χ2n) is 9.08. The first-order valence-electron chi connectivity index (χ1n) is 10.3. The number of halogens is 2. The van der Waals surface area contributed by atoms with Gasteiger partial charge in [-0.1, -0.05) is 57.0 Å². The first kappa shape index (κ1) is 21.3. The van der Waals surface area contributed by atoms with Crippen LogP contribution in [0.5, 0.6) is 11.5 Å². The number of ketones is 1. The van der Waals surface area contributed by atoms with Crippen LogP contribution in [-0.2, 0) is 11.2 Å². The van der Waals surface area contributed by atoms with E-state index in [4.69, 9.17) is 27.9 Å². The van der Waals surface area contributed by atoms with Crippen LogP contribution in [0, 0.1) is 16.7 Å². The second-order valence-corrected chi connectivity index (χ2v) is 9.93. The summed E-state index contributed by atoms with van der Waals surface area (Å²) in [5.41, 5.74) is 1.51. The lowest BCUT2D eigenvalue weighted by Gasteiger charge is -2.45. The van der Waals surface area contributed by atoms with Crippen molar-refractivity contribution in [3.8, 4) is 11.5 Å². The second kappa shape index (κ2) is 7.32. The van der Waals surface area contributed by atoms with Crippen LogP contribution in [0.25, 0.3) is 5.57 Å². The van der Waals surface area contributed by atoms with E-state index in [1.54, 1.807) is 18.2 Å². The molecular weight excluding hydrogens is 419 g/mol. The molecule has 1 fully saturated rings. The molecule has 0 aliphatic heterocycles. The standard InChI is InChI=1S/C25H26Cl2O3/c1-5-14-6-8-16(30-20-9-7-15(26)12-19(20)27)13-17(14)21-22(28)18-10-11-25(4,23(21)29)24(18,2)3/h6-9,12-13,18,29H,5,10-11H2,1-4H3/t18?,25-/m1/s1. The number of aliphatic hydroxyl groups is 1. The van der Waals surface area contributed by atoms with E-state index in [1.807, 2.05) is 25.1 Å². The van der Waals surface area contributed by atoms with Gasteiger partial charge in [0, 0.05) is 16.4 Å². The van der Waals surface area contributed by atoms with Crippen molar-refractivity contribution in [3.63, 3.8) is 0 Å². The van der Waals surface area contributed by atoms with Gasteiger partial charge in [-0.15, -0.1) is 0 Å². The van der Waals surface area contributed by atoms with Crippen molar-refractivity contribution in [2.45, 2.75) is 47.0 Å². The fourth-order valence-corrected chi connectivity index (χ4v) is 5.50. The highest BCUT2D eigenvalue weighted by Crippen LogP contribution is 2.64. The zero-order valence-electron chi connectivity index (χ0n) is 17.7. The molecule has 2 aliphatic rings. The van der Waals surface area contributed by atoms with Gasteiger partial charge in [0.15, 0.2) is 5.78 Å². The number of benzene rings is 2. The van der Waals surface area contributed by atoms with Crippen LogP contribution < -0.4 is 4.74 Å². The Bertz CT molecular complexity index is 1070. The maximum atomic E-state index is 13.5. The lowest BCUT2D eigenvalue weighted by atomic mass is 9.58. The third kappa shape index (κ3) is 3.06. The summed E-state index contributed by atoms with van der Waals surface area (Å²) >= 11 is 12.2. The Balaban J connectivity index is 1.82. The highest BCUT2D eigenvalue weighted by atomic mass is 35.5. The summed E-state index contributed by atoms with van der Waals surface area (Å²) in [5.74, 6) is 1.19. The average Bonchev–Trinajstić information content (AvgIpc) is 2.87. The Hall–Kier alpha value is -1.97. The molecule has 158 valence electrons. The fourth-order valence-electron chi connectivity index (χ4n) is 5.06. The molecule has 0 spiro atoms. The molecule has 5 heteroatoms. The van der Waals surface area contributed by atoms with Gasteiger partial charge in [0.25, 0.3) is 0 Å². The highest BCUT2D eigenvalue weighted by molar-refractivity contribution is 6.35. The predicted octanol–water partition coefficient (Wildman–Crippen LogP) is 7.64. The number of fused-ring (bicyclic) bond motifs is 2. The number of allylic oxidation sites excluding steroid dienone is 2. The monoisotopic (exact) mass is 444 g/mol. The third-order valence-corrected chi connectivity index (χ3v) is 7.93. The molecule has 2 aliphatic carbocycles. The molecule has 1 N–H and O–H groups in total. The van der Waals surface area contributed by atoms with Gasteiger partial charge in [0.2, 0.25) is 0 Å². The summed E-state index contributed by atoms with van der Waals surface area (Å²) in [6.45, 7) is 8.31. The van der Waals surface area contributed by atoms with E-state index < -0.39 is 5.41 Å². The van der Waals surface area contributed by atoms with Crippen LogP contribution in [-0.4, -0.2) is 10.9 Å². The average molecular weight is 445 g/mol. The van der Waals surface area contributed by atoms with Crippen molar-refractivity contribution < 1.29 is 14.6 Å². The molecule has 30 heavy (non-hydrogen) atoms. The number of aliphatic hydroxyl groups excluding tert-OH is 1. The van der Waals surface area contributed by atoms with Gasteiger partial charge < -0.3 is 9.84 Å². The van der Waals surface area contributed by atoms with Crippen LogP contribution in [0.4, 0.5) is 0 Å². The van der Waals surface area contributed by atoms with E-state index in [9.17, 15) is 9.90 Å². The molecule has 3 nitrogen and oxygen atoms in total. The Morgan fingerprint density at radius 1 is 1.13 bits per heavy atom. The van der Waals surface area contributed by atoms with E-state index in [0.29, 0.717) is 27.1 Å². The van der Waals surface area contributed by atoms with Gasteiger partial charge in [-0.3, -0.25) is 4.79 Å². The number of carbonyl (C=O) groups excluding carboxylic acids is 1. The van der Waals surface area contributed by atoms with Crippen molar-refractivity contribution >= 4 is 34.6 Å². The summed E-state index contributed by atoms with van der Waals surface area (Å²) in [6.07, 6.45) is 2.35. The number of carbonyl (C=O) groups is 1. The minimum absolute atomic E-state index is 0.0313. The molecule has 0 aromatic heterocycles. The van der Waals surface area contributed by atoms with Gasteiger partial charge in [-0.2, -0.15) is 0 Å². The summed E-state index contributed by atoms with van der Waals surface area (Å²) < 4.78 is 5.99. The molecule has 0 radical (unpaired) electrons. The first-order chi connectivity index (χ1) is 14.1. The molecule has 2 bridgehead atoms. The Kier molecular flexibility index (Phi) is 5.19. The number of rotatable bonds is 4. The summed E-state index contributed by atoms with van der Waals surface area (Å²) in [6, 6.07) is 10.7. The third-order valence-electron chi connectivity index (χ3n) is 7.40. The van der Waals surface area contributed by atoms with Crippen molar-refractivity contribution in [2.75, 3.05) is 0 Å². The van der Waals surface area contributed by atoms with Crippen LogP contribution in [0.3, 0.4) is 0 Å². The SMILES string of the molecule is CCc1ccc(Oc2ccc(Cl)cc2Cl)cc1C1=C(O)[C@@]2(C)CCC(C1=O)C2(C)C. The van der Waals surface area contributed by atoms with E-state index >= 15 is 0 Å².